The second-order valence-corrected chi connectivity index (χ2v) is 35.2. The monoisotopic (exact) mass is 2010 g/mol. The van der Waals surface area contributed by atoms with Gasteiger partial charge in [-0.15, -0.1) is 23.0 Å². The van der Waals surface area contributed by atoms with Gasteiger partial charge in [0, 0.05) is 0 Å². The number of unbranched alkanes of at least 4 members (excludes halogenated alkanes) is 72. The third-order valence-electron chi connectivity index (χ3n) is 22.1. The predicted octanol–water partition coefficient (Wildman–Crippen LogP) is 34.4. The third-order valence-corrected chi connectivity index (χ3v) is 22.8. The number of allylic oxidation sites excluding steroid dienone is 4. The summed E-state index contributed by atoms with van der Waals surface area (Å²) in [5, 5.41) is 0. The fraction of sp³-hybridized carbons (Fsp3) is 0.887. The standard InChI is InChI=1S/4C26H50O2S.2CH4.H2S.2Sn/c4*1-2-3-4-5-6-7-8-9-10-11-12-13-14-15-16-17-18-19-20-21-22-23-26(27)28-24-25-29;;;;;/h4*21-22,29H,2-20,23-25H2,1H3;2*1H4;1H2;;/q;;;;;;;2*+2/p-4/b4*22-21+;;;;;. The predicted molar refractivity (Wildman–Crippen MR) is 557 cm³/mol. The number of ether oxygens (including phenoxy) is 4. The SMILES string of the molecule is C.C.CCCCCCCCCCCCCCCCCCCC/C=C/CC(=O)OCC[S-].CCCCCCCCCCCCCCCCCCCC/C=C/CC(=O)OCC[S-].CCCCCCCCCCCCCCCCCCCC/C=C/CC(=O)OCC[S-].CCCCCCCCCCCCCCCCCCCC/C=C/CC(=O)OCC[S-].S.[Sn+2].[Sn+2]. The minimum Gasteiger partial charge on any atom is -0.789 e. The van der Waals surface area contributed by atoms with Crippen molar-refractivity contribution in [3.8, 4) is 0 Å². The van der Waals surface area contributed by atoms with Crippen molar-refractivity contribution in [3.63, 3.8) is 0 Å². The second-order valence-electron chi connectivity index (χ2n) is 33.6. The zero-order valence-electron chi connectivity index (χ0n) is 79.2. The van der Waals surface area contributed by atoms with E-state index < -0.39 is 0 Å². The molecule has 0 aromatic rings. The summed E-state index contributed by atoms with van der Waals surface area (Å²) in [6.07, 6.45) is 124. The molecule has 0 saturated heterocycles. The van der Waals surface area contributed by atoms with Crippen molar-refractivity contribution in [3.05, 3.63) is 48.6 Å². The smallest absolute Gasteiger partial charge is 0.789 e. The van der Waals surface area contributed by atoms with Crippen LogP contribution >= 0.6 is 13.5 Å². The summed E-state index contributed by atoms with van der Waals surface area (Å²) >= 11 is 19.0. The van der Waals surface area contributed by atoms with Gasteiger partial charge in [0.2, 0.25) is 0 Å². The molecule has 121 heavy (non-hydrogen) atoms. The molecule has 0 fully saturated rings. The van der Waals surface area contributed by atoms with Crippen LogP contribution in [0.1, 0.15) is 556 Å². The van der Waals surface area contributed by atoms with Gasteiger partial charge >= 0.3 is 71.7 Å². The zero-order valence-corrected chi connectivity index (χ0v) is 89.2. The van der Waals surface area contributed by atoms with Crippen molar-refractivity contribution in [2.24, 2.45) is 0 Å². The van der Waals surface area contributed by atoms with E-state index in [1.54, 1.807) is 0 Å². The van der Waals surface area contributed by atoms with Crippen LogP contribution in [-0.2, 0) is 88.6 Å². The van der Waals surface area contributed by atoms with Gasteiger partial charge in [-0.25, -0.2) is 0 Å². The topological polar surface area (TPSA) is 105 Å². The number of carbonyl (C=O) groups excluding carboxylic acids is 4. The number of rotatable bonds is 92. The van der Waals surface area contributed by atoms with Crippen molar-refractivity contribution in [1.29, 1.82) is 0 Å². The Morgan fingerprint density at radius 1 is 0.182 bits per heavy atom. The van der Waals surface area contributed by atoms with E-state index >= 15 is 0 Å². The van der Waals surface area contributed by atoms with Crippen LogP contribution in [0.4, 0.5) is 0 Å². The number of carbonyl (C=O) groups is 4. The van der Waals surface area contributed by atoms with Crippen LogP contribution in [0, 0.1) is 0 Å². The summed E-state index contributed by atoms with van der Waals surface area (Å²) in [4.78, 5) is 45.1. The molecule has 0 rings (SSSR count). The van der Waals surface area contributed by atoms with Crippen molar-refractivity contribution in [1.82, 2.24) is 0 Å². The minimum atomic E-state index is -0.163. The van der Waals surface area contributed by atoms with Gasteiger partial charge in [-0.2, -0.15) is 13.5 Å². The first-order valence-electron chi connectivity index (χ1n) is 50.8. The fourth-order valence-electron chi connectivity index (χ4n) is 14.7. The van der Waals surface area contributed by atoms with E-state index in [1.165, 1.54) is 462 Å². The molecule has 0 spiro atoms. The third kappa shape index (κ3) is 143. The van der Waals surface area contributed by atoms with E-state index in [0.29, 0.717) is 75.1 Å². The van der Waals surface area contributed by atoms with Crippen LogP contribution in [0.15, 0.2) is 48.6 Å². The molecule has 716 valence electrons. The van der Waals surface area contributed by atoms with Crippen LogP contribution in [0.2, 0.25) is 0 Å². The van der Waals surface area contributed by atoms with Crippen LogP contribution in [-0.4, -0.2) is 121 Å². The normalized spacial score (nSPS) is 10.9. The minimum absolute atomic E-state index is 0. The Kier molecular flexibility index (Phi) is 156. The van der Waals surface area contributed by atoms with Crippen LogP contribution in [0.5, 0.6) is 0 Å². The van der Waals surface area contributed by atoms with Crippen molar-refractivity contribution in [2.45, 2.75) is 556 Å². The fourth-order valence-corrected chi connectivity index (χ4v) is 15.0. The van der Waals surface area contributed by atoms with Gasteiger partial charge in [0.1, 0.15) is 0 Å². The quantitative estimate of drug-likeness (QED) is 0.0145. The zero-order chi connectivity index (χ0) is 85.0. The Balaban J connectivity index is -0.000000195. The summed E-state index contributed by atoms with van der Waals surface area (Å²) in [6, 6.07) is 0. The maximum atomic E-state index is 11.3. The summed E-state index contributed by atoms with van der Waals surface area (Å²) in [7, 11) is 0. The molecular weight excluding hydrogens is 1800 g/mol. The first-order chi connectivity index (χ1) is 57.2. The van der Waals surface area contributed by atoms with E-state index in [1.807, 2.05) is 24.3 Å². The molecule has 0 aliphatic heterocycles. The van der Waals surface area contributed by atoms with Gasteiger partial charge in [-0.3, -0.25) is 19.2 Å². The Hall–Kier alpha value is 0.187. The largest absolute Gasteiger partial charge is 2.00 e. The average Bonchev–Trinajstić information content (AvgIpc) is 1.07. The molecule has 0 saturated carbocycles. The Labute approximate surface area is 820 Å². The van der Waals surface area contributed by atoms with Gasteiger partial charge in [-0.1, -0.05) is 528 Å². The number of hydrogen-bond acceptors (Lipinski definition) is 12. The maximum absolute atomic E-state index is 11.3. The summed E-state index contributed by atoms with van der Waals surface area (Å²) in [5.41, 5.74) is 0. The van der Waals surface area contributed by atoms with Crippen molar-refractivity contribution < 1.29 is 38.1 Å². The van der Waals surface area contributed by atoms with E-state index in [-0.39, 0.29) is 100 Å². The van der Waals surface area contributed by atoms with E-state index in [0.717, 1.165) is 25.7 Å². The molecule has 0 N–H and O–H groups in total. The van der Waals surface area contributed by atoms with E-state index in [2.05, 4.69) is 52.0 Å². The van der Waals surface area contributed by atoms with Crippen LogP contribution in [0.25, 0.3) is 0 Å². The Morgan fingerprint density at radius 3 is 0.380 bits per heavy atom. The molecule has 0 aromatic heterocycles. The Bertz CT molecular complexity index is 1710. The molecule has 0 unspecified atom stereocenters. The molecule has 0 bridgehead atoms. The molecule has 0 aliphatic carbocycles. The number of hydrogen-bond donors (Lipinski definition) is 0. The average molecular weight is 2010 g/mol. The maximum Gasteiger partial charge on any atom is 2.00 e. The molecule has 8 nitrogen and oxygen atoms in total. The first-order valence-corrected chi connectivity index (χ1v) is 53.1. The molecule has 15 heteroatoms. The second kappa shape index (κ2) is 136. The van der Waals surface area contributed by atoms with E-state index in [4.69, 9.17) is 69.5 Å². The van der Waals surface area contributed by atoms with Crippen LogP contribution < -0.4 is 0 Å². The molecule has 4 radical (unpaired) electrons. The van der Waals surface area contributed by atoms with Crippen molar-refractivity contribution in [2.75, 3.05) is 49.4 Å². The Morgan fingerprint density at radius 2 is 0.281 bits per heavy atom. The molecular formula is C106H206O8S5Sn2. The summed E-state index contributed by atoms with van der Waals surface area (Å²) in [5.74, 6) is 1.27. The van der Waals surface area contributed by atoms with Gasteiger partial charge in [0.25, 0.3) is 0 Å². The van der Waals surface area contributed by atoms with E-state index in [9.17, 15) is 19.2 Å². The van der Waals surface area contributed by atoms with Gasteiger partial charge in [0.05, 0.1) is 52.1 Å². The van der Waals surface area contributed by atoms with Crippen LogP contribution in [0.3, 0.4) is 0 Å². The summed E-state index contributed by atoms with van der Waals surface area (Å²) in [6.45, 7) is 10.6. The number of esters is 4. The molecule has 0 heterocycles. The molecule has 0 amide bonds. The summed E-state index contributed by atoms with van der Waals surface area (Å²) < 4.78 is 19.8. The van der Waals surface area contributed by atoms with Crippen molar-refractivity contribution >= 4 is 136 Å². The van der Waals surface area contributed by atoms with Gasteiger partial charge in [0.15, 0.2) is 0 Å². The first kappa shape index (κ1) is 139. The molecule has 0 atom stereocenters. The van der Waals surface area contributed by atoms with Gasteiger partial charge in [-0.05, 0) is 51.4 Å². The molecule has 0 aromatic carbocycles. The van der Waals surface area contributed by atoms with Gasteiger partial charge < -0.3 is 69.5 Å². The molecule has 0 aliphatic rings.